The third-order valence-electron chi connectivity index (χ3n) is 3.11. The fraction of sp³-hybridized carbons (Fsp3) is 0.400. The molecule has 2 rings (SSSR count). The second-order valence-corrected chi connectivity index (χ2v) is 6.26. The second kappa shape index (κ2) is 5.63. The Morgan fingerprint density at radius 3 is 2.61 bits per heavy atom. The molecular formula is C15H20N2S. The standard InChI is InChI=1S/C15H20N2S/c1-10-5-6-14(17-8-10)9-16-12(3)15-7-11(2)18-13(15)4/h5-8,12,16H,9H2,1-4H3. The summed E-state index contributed by atoms with van der Waals surface area (Å²) in [5.74, 6) is 0. The van der Waals surface area contributed by atoms with Gasteiger partial charge in [-0.05, 0) is 51.0 Å². The van der Waals surface area contributed by atoms with Gasteiger partial charge in [0, 0.05) is 28.5 Å². The maximum absolute atomic E-state index is 4.41. The van der Waals surface area contributed by atoms with Crippen LogP contribution in [-0.4, -0.2) is 4.98 Å². The van der Waals surface area contributed by atoms with E-state index in [1.165, 1.54) is 20.9 Å². The molecule has 1 unspecified atom stereocenters. The summed E-state index contributed by atoms with van der Waals surface area (Å²) in [6.45, 7) is 9.44. The molecule has 0 saturated carbocycles. The van der Waals surface area contributed by atoms with Crippen molar-refractivity contribution in [3.8, 4) is 0 Å². The minimum Gasteiger partial charge on any atom is -0.305 e. The lowest BCUT2D eigenvalue weighted by Gasteiger charge is -2.13. The lowest BCUT2D eigenvalue weighted by atomic mass is 10.1. The largest absolute Gasteiger partial charge is 0.305 e. The van der Waals surface area contributed by atoms with Gasteiger partial charge in [-0.1, -0.05) is 6.07 Å². The first-order valence-electron chi connectivity index (χ1n) is 6.28. The predicted octanol–water partition coefficient (Wildman–Crippen LogP) is 3.92. The highest BCUT2D eigenvalue weighted by atomic mass is 32.1. The number of pyridine rings is 1. The van der Waals surface area contributed by atoms with Gasteiger partial charge in [0.2, 0.25) is 0 Å². The zero-order chi connectivity index (χ0) is 13.1. The van der Waals surface area contributed by atoms with Crippen LogP contribution in [-0.2, 0) is 6.54 Å². The van der Waals surface area contributed by atoms with Crippen LogP contribution in [0.15, 0.2) is 24.4 Å². The maximum atomic E-state index is 4.41. The Kier molecular flexibility index (Phi) is 4.15. The molecule has 0 bridgehead atoms. The van der Waals surface area contributed by atoms with Crippen molar-refractivity contribution in [3.63, 3.8) is 0 Å². The summed E-state index contributed by atoms with van der Waals surface area (Å²) >= 11 is 1.87. The van der Waals surface area contributed by atoms with Gasteiger partial charge in [0.15, 0.2) is 0 Å². The molecule has 3 heteroatoms. The smallest absolute Gasteiger partial charge is 0.0542 e. The van der Waals surface area contributed by atoms with E-state index < -0.39 is 0 Å². The number of thiophene rings is 1. The molecule has 2 heterocycles. The van der Waals surface area contributed by atoms with Crippen LogP contribution < -0.4 is 5.32 Å². The lowest BCUT2D eigenvalue weighted by molar-refractivity contribution is 0.567. The van der Waals surface area contributed by atoms with Crippen LogP contribution in [0.1, 0.15) is 39.5 Å². The molecular weight excluding hydrogens is 240 g/mol. The molecule has 2 aromatic rings. The molecule has 0 aliphatic carbocycles. The van der Waals surface area contributed by atoms with Crippen LogP contribution in [0, 0.1) is 20.8 Å². The SMILES string of the molecule is Cc1ccc(CNC(C)c2cc(C)sc2C)nc1. The molecule has 2 aromatic heterocycles. The summed E-state index contributed by atoms with van der Waals surface area (Å²) < 4.78 is 0. The fourth-order valence-electron chi connectivity index (χ4n) is 2.05. The summed E-state index contributed by atoms with van der Waals surface area (Å²) in [5.41, 5.74) is 3.71. The van der Waals surface area contributed by atoms with Gasteiger partial charge in [-0.3, -0.25) is 4.98 Å². The molecule has 0 radical (unpaired) electrons. The molecule has 1 atom stereocenters. The number of aromatic nitrogens is 1. The van der Waals surface area contributed by atoms with Crippen LogP contribution in [0.4, 0.5) is 0 Å². The van der Waals surface area contributed by atoms with E-state index >= 15 is 0 Å². The molecule has 96 valence electrons. The molecule has 18 heavy (non-hydrogen) atoms. The molecule has 0 aromatic carbocycles. The van der Waals surface area contributed by atoms with E-state index in [0.717, 1.165) is 12.2 Å². The highest BCUT2D eigenvalue weighted by Gasteiger charge is 2.10. The summed E-state index contributed by atoms with van der Waals surface area (Å²) in [4.78, 5) is 7.20. The third kappa shape index (κ3) is 3.18. The Labute approximate surface area is 113 Å². The number of rotatable bonds is 4. The minimum absolute atomic E-state index is 0.373. The third-order valence-corrected chi connectivity index (χ3v) is 4.09. The first-order valence-corrected chi connectivity index (χ1v) is 7.10. The van der Waals surface area contributed by atoms with Gasteiger partial charge in [0.1, 0.15) is 0 Å². The van der Waals surface area contributed by atoms with Crippen LogP contribution in [0.3, 0.4) is 0 Å². The van der Waals surface area contributed by atoms with Crippen molar-refractivity contribution in [2.45, 2.75) is 40.3 Å². The summed E-state index contributed by atoms with van der Waals surface area (Å²) in [6.07, 6.45) is 1.92. The topological polar surface area (TPSA) is 24.9 Å². The van der Waals surface area contributed by atoms with Gasteiger partial charge in [-0.2, -0.15) is 0 Å². The number of nitrogens with one attached hydrogen (secondary N) is 1. The Balaban J connectivity index is 1.98. The van der Waals surface area contributed by atoms with Crippen LogP contribution in [0.5, 0.6) is 0 Å². The minimum atomic E-state index is 0.373. The Morgan fingerprint density at radius 2 is 2.06 bits per heavy atom. The average Bonchev–Trinajstić information content (AvgIpc) is 2.67. The van der Waals surface area contributed by atoms with E-state index in [1.807, 2.05) is 17.5 Å². The van der Waals surface area contributed by atoms with Crippen molar-refractivity contribution in [1.82, 2.24) is 10.3 Å². The van der Waals surface area contributed by atoms with E-state index in [-0.39, 0.29) is 0 Å². The zero-order valence-corrected chi connectivity index (χ0v) is 12.3. The molecule has 0 fully saturated rings. The van der Waals surface area contributed by atoms with E-state index in [2.05, 4.69) is 56.2 Å². The van der Waals surface area contributed by atoms with Gasteiger partial charge in [-0.25, -0.2) is 0 Å². The van der Waals surface area contributed by atoms with Crippen LogP contribution >= 0.6 is 11.3 Å². The van der Waals surface area contributed by atoms with E-state index in [0.29, 0.717) is 6.04 Å². The molecule has 1 N–H and O–H groups in total. The average molecular weight is 260 g/mol. The van der Waals surface area contributed by atoms with Gasteiger partial charge in [0.05, 0.1) is 5.69 Å². The number of nitrogens with zero attached hydrogens (tertiary/aromatic N) is 1. The van der Waals surface area contributed by atoms with Crippen molar-refractivity contribution >= 4 is 11.3 Å². The maximum Gasteiger partial charge on any atom is 0.0542 e. The molecule has 0 spiro atoms. The van der Waals surface area contributed by atoms with E-state index in [1.54, 1.807) is 0 Å². The Morgan fingerprint density at radius 1 is 1.28 bits per heavy atom. The quantitative estimate of drug-likeness (QED) is 0.901. The number of aryl methyl sites for hydroxylation is 3. The van der Waals surface area contributed by atoms with E-state index in [4.69, 9.17) is 0 Å². The van der Waals surface area contributed by atoms with Crippen molar-refractivity contribution in [2.24, 2.45) is 0 Å². The van der Waals surface area contributed by atoms with E-state index in [9.17, 15) is 0 Å². The second-order valence-electron chi connectivity index (χ2n) is 4.80. The summed E-state index contributed by atoms with van der Waals surface area (Å²) in [6, 6.07) is 6.84. The first kappa shape index (κ1) is 13.2. The Bertz CT molecular complexity index is 514. The van der Waals surface area contributed by atoms with Crippen LogP contribution in [0.25, 0.3) is 0 Å². The molecule has 0 amide bonds. The fourth-order valence-corrected chi connectivity index (χ4v) is 3.07. The zero-order valence-electron chi connectivity index (χ0n) is 11.4. The normalized spacial score (nSPS) is 12.7. The predicted molar refractivity (Wildman–Crippen MR) is 78.0 cm³/mol. The highest BCUT2D eigenvalue weighted by Crippen LogP contribution is 2.26. The molecule has 0 aliphatic rings. The molecule has 2 nitrogen and oxygen atoms in total. The highest BCUT2D eigenvalue weighted by molar-refractivity contribution is 7.12. The van der Waals surface area contributed by atoms with Gasteiger partial charge in [0.25, 0.3) is 0 Å². The molecule has 0 saturated heterocycles. The monoisotopic (exact) mass is 260 g/mol. The lowest BCUT2D eigenvalue weighted by Crippen LogP contribution is -2.18. The van der Waals surface area contributed by atoms with Crippen molar-refractivity contribution in [2.75, 3.05) is 0 Å². The first-order chi connectivity index (χ1) is 8.56. The van der Waals surface area contributed by atoms with Gasteiger partial charge >= 0.3 is 0 Å². The number of hydrogen-bond donors (Lipinski definition) is 1. The summed E-state index contributed by atoms with van der Waals surface area (Å²) in [7, 11) is 0. The number of hydrogen-bond acceptors (Lipinski definition) is 3. The molecule has 0 aliphatic heterocycles. The van der Waals surface area contributed by atoms with Gasteiger partial charge in [-0.15, -0.1) is 11.3 Å². The van der Waals surface area contributed by atoms with Crippen molar-refractivity contribution < 1.29 is 0 Å². The van der Waals surface area contributed by atoms with Gasteiger partial charge < -0.3 is 5.32 Å². The Hall–Kier alpha value is -1.19. The van der Waals surface area contributed by atoms with Crippen molar-refractivity contribution in [3.05, 3.63) is 51.0 Å². The van der Waals surface area contributed by atoms with Crippen LogP contribution in [0.2, 0.25) is 0 Å². The van der Waals surface area contributed by atoms with Crippen molar-refractivity contribution in [1.29, 1.82) is 0 Å². The summed E-state index contributed by atoms with van der Waals surface area (Å²) in [5, 5.41) is 3.53.